The zero-order chi connectivity index (χ0) is 21.7. The first-order valence-corrected chi connectivity index (χ1v) is 11.0. The van der Waals surface area contributed by atoms with E-state index in [0.29, 0.717) is 22.6 Å². The third kappa shape index (κ3) is 5.08. The lowest BCUT2D eigenvalue weighted by Crippen LogP contribution is -2.34. The van der Waals surface area contributed by atoms with E-state index in [1.54, 1.807) is 29.7 Å². The number of para-hydroxylation sites is 1. The Labute approximate surface area is 179 Å². The first kappa shape index (κ1) is 22.0. The van der Waals surface area contributed by atoms with E-state index in [-0.39, 0.29) is 23.3 Å². The maximum Gasteiger partial charge on any atom is 0.262 e. The van der Waals surface area contributed by atoms with Crippen molar-refractivity contribution < 1.29 is 9.18 Å². The molecule has 0 fully saturated rings. The average Bonchev–Trinajstić information content (AvgIpc) is 2.74. The average molecular weight is 428 g/mol. The number of amides is 1. The number of rotatable bonds is 8. The molecule has 0 aliphatic heterocycles. The predicted molar refractivity (Wildman–Crippen MR) is 119 cm³/mol. The molecule has 158 valence electrons. The van der Waals surface area contributed by atoms with E-state index in [4.69, 9.17) is 0 Å². The van der Waals surface area contributed by atoms with Crippen LogP contribution >= 0.6 is 11.8 Å². The number of fused-ring (bicyclic) bond motifs is 1. The number of aromatic nitrogens is 2. The molecular weight excluding hydrogens is 401 g/mol. The summed E-state index contributed by atoms with van der Waals surface area (Å²) in [5.74, 6) is -0.477. The highest BCUT2D eigenvalue weighted by Gasteiger charge is 2.21. The van der Waals surface area contributed by atoms with Gasteiger partial charge in [0, 0.05) is 6.54 Å². The number of carbonyl (C=O) groups is 1. The van der Waals surface area contributed by atoms with Crippen molar-refractivity contribution in [2.45, 2.75) is 56.6 Å². The number of hydrogen-bond donors (Lipinski definition) is 1. The number of unbranched alkanes of at least 4 members (excludes halogenated alkanes) is 1. The fourth-order valence-corrected chi connectivity index (χ4v) is 4.07. The molecule has 0 saturated carbocycles. The zero-order valence-electron chi connectivity index (χ0n) is 17.4. The summed E-state index contributed by atoms with van der Waals surface area (Å²) in [5, 5.41) is 3.63. The van der Waals surface area contributed by atoms with Crippen LogP contribution in [-0.2, 0) is 11.3 Å². The molecular formula is C23H26FN3O2S. The molecule has 0 aliphatic rings. The number of carbonyl (C=O) groups excluding carboxylic acids is 1. The first-order valence-electron chi connectivity index (χ1n) is 10.1. The Morgan fingerprint density at radius 3 is 2.57 bits per heavy atom. The van der Waals surface area contributed by atoms with Gasteiger partial charge >= 0.3 is 0 Å². The molecule has 3 aromatic rings. The summed E-state index contributed by atoms with van der Waals surface area (Å²) in [6, 6.07) is 13.1. The molecule has 1 heterocycles. The fourth-order valence-electron chi connectivity index (χ4n) is 3.13. The van der Waals surface area contributed by atoms with Crippen LogP contribution in [0.1, 0.15) is 45.2 Å². The number of halogens is 1. The summed E-state index contributed by atoms with van der Waals surface area (Å²) in [6.07, 6.45) is 1.81. The van der Waals surface area contributed by atoms with Crippen LogP contribution < -0.4 is 10.9 Å². The van der Waals surface area contributed by atoms with Crippen LogP contribution in [0.4, 0.5) is 4.39 Å². The van der Waals surface area contributed by atoms with E-state index in [1.165, 1.54) is 23.9 Å². The molecule has 0 saturated heterocycles. The highest BCUT2D eigenvalue weighted by atomic mass is 32.2. The number of nitrogens with one attached hydrogen (secondary N) is 1. The second-order valence-electron chi connectivity index (χ2n) is 7.26. The van der Waals surface area contributed by atoms with Gasteiger partial charge in [-0.1, -0.05) is 49.4 Å². The molecule has 2 aromatic carbocycles. The molecule has 0 unspecified atom stereocenters. The SMILES string of the molecule is CCCCn1c(S[C@H](C)C(=O)N[C@H](C)c2ccc(F)cc2)nc2ccccc2c1=O. The van der Waals surface area contributed by atoms with Gasteiger partial charge in [0.1, 0.15) is 5.82 Å². The lowest BCUT2D eigenvalue weighted by molar-refractivity contribution is -0.120. The van der Waals surface area contributed by atoms with Crippen LogP contribution in [0.25, 0.3) is 10.9 Å². The smallest absolute Gasteiger partial charge is 0.262 e. The molecule has 1 N–H and O–H groups in total. The van der Waals surface area contributed by atoms with E-state index in [2.05, 4.69) is 17.2 Å². The first-order chi connectivity index (χ1) is 14.4. The number of nitrogens with zero attached hydrogens (tertiary/aromatic N) is 2. The molecule has 0 bridgehead atoms. The molecule has 5 nitrogen and oxygen atoms in total. The second kappa shape index (κ2) is 9.89. The summed E-state index contributed by atoms with van der Waals surface area (Å²) in [4.78, 5) is 30.4. The summed E-state index contributed by atoms with van der Waals surface area (Å²) in [5.41, 5.74) is 1.37. The molecule has 7 heteroatoms. The minimum atomic E-state index is -0.450. The van der Waals surface area contributed by atoms with E-state index in [0.717, 1.165) is 18.4 Å². The molecule has 0 spiro atoms. The van der Waals surface area contributed by atoms with Gasteiger partial charge in [-0.2, -0.15) is 0 Å². The minimum absolute atomic E-state index is 0.0798. The summed E-state index contributed by atoms with van der Waals surface area (Å²) < 4.78 is 14.8. The van der Waals surface area contributed by atoms with Crippen molar-refractivity contribution in [2.24, 2.45) is 0 Å². The Kier molecular flexibility index (Phi) is 7.26. The Morgan fingerprint density at radius 1 is 1.17 bits per heavy atom. The van der Waals surface area contributed by atoms with Crippen LogP contribution in [0.2, 0.25) is 0 Å². The van der Waals surface area contributed by atoms with Gasteiger partial charge in [0.05, 0.1) is 22.2 Å². The third-order valence-corrected chi connectivity index (χ3v) is 6.03. The van der Waals surface area contributed by atoms with E-state index < -0.39 is 5.25 Å². The van der Waals surface area contributed by atoms with E-state index in [1.807, 2.05) is 25.1 Å². The molecule has 1 aromatic heterocycles. The highest BCUT2D eigenvalue weighted by molar-refractivity contribution is 8.00. The van der Waals surface area contributed by atoms with Gasteiger partial charge in [0.25, 0.3) is 5.56 Å². The Bertz CT molecular complexity index is 1080. The van der Waals surface area contributed by atoms with Crippen LogP contribution in [0, 0.1) is 5.82 Å². The topological polar surface area (TPSA) is 64.0 Å². The molecule has 3 rings (SSSR count). The van der Waals surface area contributed by atoms with Gasteiger partial charge in [0.2, 0.25) is 5.91 Å². The van der Waals surface area contributed by atoms with Crippen LogP contribution in [0.3, 0.4) is 0 Å². The quantitative estimate of drug-likeness (QED) is 0.418. The number of hydrogen-bond acceptors (Lipinski definition) is 4. The lowest BCUT2D eigenvalue weighted by atomic mass is 10.1. The van der Waals surface area contributed by atoms with Gasteiger partial charge < -0.3 is 5.32 Å². The largest absolute Gasteiger partial charge is 0.349 e. The van der Waals surface area contributed by atoms with Crippen molar-refractivity contribution >= 4 is 28.6 Å². The van der Waals surface area contributed by atoms with Crippen molar-refractivity contribution in [3.8, 4) is 0 Å². The van der Waals surface area contributed by atoms with Crippen LogP contribution in [0.5, 0.6) is 0 Å². The summed E-state index contributed by atoms with van der Waals surface area (Å²) in [6.45, 7) is 6.28. The van der Waals surface area contributed by atoms with Crippen LogP contribution in [0.15, 0.2) is 58.5 Å². The molecule has 1 amide bonds. The molecule has 30 heavy (non-hydrogen) atoms. The Morgan fingerprint density at radius 2 is 1.87 bits per heavy atom. The van der Waals surface area contributed by atoms with Gasteiger partial charge in [-0.25, -0.2) is 9.37 Å². The highest BCUT2D eigenvalue weighted by Crippen LogP contribution is 2.24. The fraction of sp³-hybridized carbons (Fsp3) is 0.348. The Hall–Kier alpha value is -2.67. The van der Waals surface area contributed by atoms with E-state index in [9.17, 15) is 14.0 Å². The lowest BCUT2D eigenvalue weighted by Gasteiger charge is -2.19. The third-order valence-electron chi connectivity index (χ3n) is 4.94. The van der Waals surface area contributed by atoms with Crippen molar-refractivity contribution in [1.82, 2.24) is 14.9 Å². The summed E-state index contributed by atoms with van der Waals surface area (Å²) >= 11 is 1.28. The molecule has 0 aliphatic carbocycles. The number of thioether (sulfide) groups is 1. The molecule has 0 radical (unpaired) electrons. The second-order valence-corrected chi connectivity index (χ2v) is 8.57. The number of benzene rings is 2. The predicted octanol–water partition coefficient (Wildman–Crippen LogP) is 4.69. The van der Waals surface area contributed by atoms with Gasteiger partial charge in [0.15, 0.2) is 5.16 Å². The monoisotopic (exact) mass is 427 g/mol. The van der Waals surface area contributed by atoms with Crippen molar-refractivity contribution in [3.05, 3.63) is 70.3 Å². The van der Waals surface area contributed by atoms with Gasteiger partial charge in [-0.05, 0) is 50.1 Å². The zero-order valence-corrected chi connectivity index (χ0v) is 18.2. The summed E-state index contributed by atoms with van der Waals surface area (Å²) in [7, 11) is 0. The van der Waals surface area contributed by atoms with Crippen LogP contribution in [-0.4, -0.2) is 20.7 Å². The van der Waals surface area contributed by atoms with Gasteiger partial charge in [-0.3, -0.25) is 14.2 Å². The van der Waals surface area contributed by atoms with Gasteiger partial charge in [-0.15, -0.1) is 0 Å². The normalized spacial score (nSPS) is 13.2. The van der Waals surface area contributed by atoms with Crippen molar-refractivity contribution in [2.75, 3.05) is 0 Å². The van der Waals surface area contributed by atoms with E-state index >= 15 is 0 Å². The standard InChI is InChI=1S/C23H26FN3O2S/c1-4-5-14-27-22(29)19-8-6-7-9-20(19)26-23(27)30-16(3)21(28)25-15(2)17-10-12-18(24)13-11-17/h6-13,15-16H,4-5,14H2,1-3H3,(H,25,28)/t15-,16-/m1/s1. The van der Waals surface area contributed by atoms with Crippen molar-refractivity contribution in [3.63, 3.8) is 0 Å². The van der Waals surface area contributed by atoms with Crippen molar-refractivity contribution in [1.29, 1.82) is 0 Å². The maximum atomic E-state index is 13.1. The Balaban J connectivity index is 1.80. The maximum absolute atomic E-state index is 13.1. The molecule has 2 atom stereocenters. The minimum Gasteiger partial charge on any atom is -0.349 e.